The van der Waals surface area contributed by atoms with Gasteiger partial charge in [-0.05, 0) is 50.5 Å². The smallest absolute Gasteiger partial charge is 0.319 e. The maximum absolute atomic E-state index is 12.0. The van der Waals surface area contributed by atoms with Crippen molar-refractivity contribution in [2.75, 3.05) is 13.2 Å². The molecular formula is C25H32N2O7S. The average molecular weight is 505 g/mol. The summed E-state index contributed by atoms with van der Waals surface area (Å²) in [6.45, 7) is 5.59. The van der Waals surface area contributed by atoms with Crippen molar-refractivity contribution in [1.82, 2.24) is 10.3 Å². The second-order valence-corrected chi connectivity index (χ2v) is 10.6. The Labute approximate surface area is 208 Å². The number of thioether (sulfide) groups is 1. The molecule has 1 amide bonds. The van der Waals surface area contributed by atoms with E-state index in [4.69, 9.17) is 9.47 Å². The molecule has 0 spiro atoms. The van der Waals surface area contributed by atoms with E-state index in [2.05, 4.69) is 17.2 Å². The summed E-state index contributed by atoms with van der Waals surface area (Å²) in [4.78, 5) is 39.6. The summed E-state index contributed by atoms with van der Waals surface area (Å²) in [5, 5.41) is 22.1. The first-order valence-corrected chi connectivity index (χ1v) is 12.6. The molecule has 1 fully saturated rings. The molecule has 0 saturated carbocycles. The molecule has 4 aliphatic rings. The molecule has 3 unspecified atom stereocenters. The van der Waals surface area contributed by atoms with E-state index >= 15 is 0 Å². The van der Waals surface area contributed by atoms with Crippen LogP contribution in [-0.4, -0.2) is 56.4 Å². The van der Waals surface area contributed by atoms with Gasteiger partial charge < -0.3 is 25.0 Å². The fourth-order valence-corrected chi connectivity index (χ4v) is 5.91. The van der Waals surface area contributed by atoms with Gasteiger partial charge in [-0.1, -0.05) is 26.7 Å². The topological polar surface area (TPSA) is 135 Å². The van der Waals surface area contributed by atoms with Crippen molar-refractivity contribution in [2.45, 2.75) is 63.0 Å². The third kappa shape index (κ3) is 6.05. The Morgan fingerprint density at radius 1 is 1.17 bits per heavy atom. The van der Waals surface area contributed by atoms with Gasteiger partial charge in [0, 0.05) is 18.1 Å². The number of amides is 1. The van der Waals surface area contributed by atoms with Crippen LogP contribution in [0, 0.1) is 5.41 Å². The molecular weight excluding hydrogens is 472 g/mol. The Hall–Kier alpha value is -2.85. The Bertz CT molecular complexity index is 1050. The van der Waals surface area contributed by atoms with Crippen molar-refractivity contribution < 1.29 is 34.1 Å². The molecule has 9 nitrogen and oxygen atoms in total. The number of aliphatic carboxylic acids is 2. The van der Waals surface area contributed by atoms with E-state index in [1.165, 1.54) is 6.92 Å². The van der Waals surface area contributed by atoms with E-state index < -0.39 is 33.4 Å². The van der Waals surface area contributed by atoms with Gasteiger partial charge in [-0.25, -0.2) is 4.98 Å². The van der Waals surface area contributed by atoms with Gasteiger partial charge in [0.15, 0.2) is 0 Å². The molecule has 10 heteroatoms. The lowest BCUT2D eigenvalue weighted by molar-refractivity contribution is -0.151. The van der Waals surface area contributed by atoms with Crippen LogP contribution < -0.4 is 10.1 Å². The van der Waals surface area contributed by atoms with E-state index in [9.17, 15) is 24.6 Å². The first kappa shape index (κ1) is 26.7. The van der Waals surface area contributed by atoms with Crippen LogP contribution in [0.1, 0.15) is 52.9 Å². The number of benzene rings is 1. The van der Waals surface area contributed by atoms with Crippen molar-refractivity contribution >= 4 is 40.5 Å². The van der Waals surface area contributed by atoms with Gasteiger partial charge in [0.25, 0.3) is 0 Å². The highest BCUT2D eigenvalue weighted by Gasteiger charge is 2.60. The number of ether oxygens (including phenoxy) is 2. The van der Waals surface area contributed by atoms with Gasteiger partial charge >= 0.3 is 11.9 Å². The fraction of sp³-hybridized carbons (Fsp3) is 0.520. The van der Waals surface area contributed by atoms with Crippen molar-refractivity contribution in [3.05, 3.63) is 30.3 Å². The zero-order chi connectivity index (χ0) is 25.6. The summed E-state index contributed by atoms with van der Waals surface area (Å²) in [7, 11) is 0. The predicted molar refractivity (Wildman–Crippen MR) is 133 cm³/mol. The highest BCUT2D eigenvalue weighted by atomic mass is 32.2. The maximum atomic E-state index is 12.0. The number of rotatable bonds is 10. The minimum atomic E-state index is -1.30. The number of nitrogens with one attached hydrogen (secondary N) is 1. The number of hydrogen-bond acceptors (Lipinski definition) is 7. The van der Waals surface area contributed by atoms with Crippen LogP contribution in [0.2, 0.25) is 0 Å². The quantitative estimate of drug-likeness (QED) is 0.342. The molecule has 0 aliphatic carbocycles. The second-order valence-electron chi connectivity index (χ2n) is 8.96. The van der Waals surface area contributed by atoms with Crippen LogP contribution in [0.4, 0.5) is 0 Å². The highest BCUT2D eigenvalue weighted by molar-refractivity contribution is 8.02. The van der Waals surface area contributed by atoms with Crippen LogP contribution in [0.3, 0.4) is 0 Å². The lowest BCUT2D eigenvalue weighted by atomic mass is 9.77. The normalized spacial score (nSPS) is 24.0. The number of hydrogen-bond donors (Lipinski definition) is 3. The lowest BCUT2D eigenvalue weighted by Gasteiger charge is -2.29. The molecule has 0 radical (unpaired) electrons. The van der Waals surface area contributed by atoms with E-state index in [1.807, 2.05) is 30.3 Å². The summed E-state index contributed by atoms with van der Waals surface area (Å²) >= 11 is 0.989. The zero-order valence-corrected chi connectivity index (χ0v) is 21.0. The molecule has 5 heterocycles. The third-order valence-corrected chi connectivity index (χ3v) is 7.96. The van der Waals surface area contributed by atoms with Crippen molar-refractivity contribution in [2.24, 2.45) is 5.41 Å². The molecule has 3 N–H and O–H groups in total. The number of fused-ring (bicyclic) bond motifs is 2. The number of carbonyl (C=O) groups excluding carboxylic acids is 1. The zero-order valence-electron chi connectivity index (χ0n) is 20.2. The SMILES string of the molecule is CCCCCOCC(=O)NC1SC(C)(C(=O)O)CC1(CC)C(=O)O.c1cc2nc3ccc2cc1O3. The molecule has 35 heavy (non-hydrogen) atoms. The summed E-state index contributed by atoms with van der Waals surface area (Å²) in [6, 6.07) is 9.81. The van der Waals surface area contributed by atoms with Gasteiger partial charge in [-0.15, -0.1) is 11.8 Å². The molecule has 190 valence electrons. The van der Waals surface area contributed by atoms with Crippen molar-refractivity contribution in [3.63, 3.8) is 0 Å². The number of pyridine rings is 1. The molecule has 3 atom stereocenters. The van der Waals surface area contributed by atoms with Gasteiger partial charge in [0.2, 0.25) is 11.8 Å². The number of carboxylic acid groups (broad SMARTS) is 2. The van der Waals surface area contributed by atoms with Crippen LogP contribution in [0.15, 0.2) is 30.3 Å². The van der Waals surface area contributed by atoms with Gasteiger partial charge in [0.1, 0.15) is 17.1 Å². The van der Waals surface area contributed by atoms with E-state index in [0.29, 0.717) is 12.5 Å². The third-order valence-electron chi connectivity index (χ3n) is 6.32. The number of carboxylic acids is 2. The molecule has 4 aliphatic heterocycles. The highest BCUT2D eigenvalue weighted by Crippen LogP contribution is 2.54. The minimum Gasteiger partial charge on any atom is -0.481 e. The largest absolute Gasteiger partial charge is 0.481 e. The molecule has 1 aromatic carbocycles. The van der Waals surface area contributed by atoms with Gasteiger partial charge in [-0.2, -0.15) is 0 Å². The second kappa shape index (κ2) is 11.3. The van der Waals surface area contributed by atoms with Crippen LogP contribution in [0.5, 0.6) is 11.6 Å². The molecule has 1 saturated heterocycles. The lowest BCUT2D eigenvalue weighted by Crippen LogP contribution is -2.48. The Morgan fingerprint density at radius 3 is 2.60 bits per heavy atom. The van der Waals surface area contributed by atoms with E-state index in [-0.39, 0.29) is 19.4 Å². The molecule has 4 bridgehead atoms. The van der Waals surface area contributed by atoms with E-state index in [1.54, 1.807) is 6.92 Å². The van der Waals surface area contributed by atoms with Crippen LogP contribution >= 0.6 is 11.8 Å². The van der Waals surface area contributed by atoms with Crippen LogP contribution in [0.25, 0.3) is 10.9 Å². The minimum absolute atomic E-state index is 0.0336. The maximum Gasteiger partial charge on any atom is 0.319 e. The monoisotopic (exact) mass is 504 g/mol. The predicted octanol–water partition coefficient (Wildman–Crippen LogP) is 4.44. The number of carbonyl (C=O) groups is 3. The Kier molecular flexibility index (Phi) is 8.60. The molecule has 1 aromatic heterocycles. The average Bonchev–Trinajstić information content (AvgIpc) is 2.98. The van der Waals surface area contributed by atoms with Crippen molar-refractivity contribution in [1.29, 1.82) is 0 Å². The first-order valence-electron chi connectivity index (χ1n) is 11.7. The number of unbranched alkanes of at least 4 members (excludes halogenated alkanes) is 2. The summed E-state index contributed by atoms with van der Waals surface area (Å²) in [5.41, 5.74) is -0.292. The Morgan fingerprint density at radius 2 is 1.94 bits per heavy atom. The first-order chi connectivity index (χ1) is 16.6. The summed E-state index contributed by atoms with van der Waals surface area (Å²) in [6.07, 6.45) is 3.15. The Balaban J connectivity index is 0.000000252. The molecule has 6 rings (SSSR count). The fourth-order valence-electron chi connectivity index (χ4n) is 4.19. The van der Waals surface area contributed by atoms with Gasteiger partial charge in [0.05, 0.1) is 16.3 Å². The van der Waals surface area contributed by atoms with E-state index in [0.717, 1.165) is 47.7 Å². The van der Waals surface area contributed by atoms with Gasteiger partial charge in [-0.3, -0.25) is 14.4 Å². The number of nitrogens with zero attached hydrogens (tertiary/aromatic N) is 1. The summed E-state index contributed by atoms with van der Waals surface area (Å²) < 4.78 is 9.43. The number of aromatic nitrogens is 1. The van der Waals surface area contributed by atoms with Crippen LogP contribution in [-0.2, 0) is 19.1 Å². The van der Waals surface area contributed by atoms with Crippen molar-refractivity contribution in [3.8, 4) is 11.6 Å². The standard InChI is InChI=1S/C16H27NO6S.C9H5NO/c1-4-6-7-8-23-9-11(18)17-12-16(5-2,14(21)22)10-15(3,24-12)13(19)20;1-4-9-10-8-3-2-7(11-9)5-6(1)8/h12H,4-10H2,1-3H3,(H,17,18)(H,19,20)(H,21,22);1-5H. The summed E-state index contributed by atoms with van der Waals surface area (Å²) in [5.74, 6) is -1.00. The molecule has 2 aromatic rings.